The van der Waals surface area contributed by atoms with Crippen molar-refractivity contribution >= 4 is 44.6 Å². The molecule has 4 bridgehead atoms. The van der Waals surface area contributed by atoms with Gasteiger partial charge in [-0.2, -0.15) is 0 Å². The summed E-state index contributed by atoms with van der Waals surface area (Å²) in [6.07, 6.45) is 8.80. The lowest BCUT2D eigenvalue weighted by atomic mass is 9.42. The smallest absolute Gasteiger partial charge is 0.137 e. The van der Waals surface area contributed by atoms with Gasteiger partial charge in [-0.1, -0.05) is 170 Å². The maximum atomic E-state index is 7.17. The van der Waals surface area contributed by atoms with E-state index in [9.17, 15) is 0 Å². The van der Waals surface area contributed by atoms with Crippen LogP contribution in [0.4, 0.5) is 22.7 Å². The van der Waals surface area contributed by atoms with E-state index < -0.39 is 0 Å². The molecule has 11 aromatic rings. The number of hydrogen-bond donors (Lipinski definition) is 0. The molecule has 9 aromatic carbocycles. The largest absolute Gasteiger partial charge is 0.457 e. The third-order valence-electron chi connectivity index (χ3n) is 17.5. The molecule has 0 unspecified atom stereocenters. The van der Waals surface area contributed by atoms with E-state index in [0.717, 1.165) is 68.4 Å². The van der Waals surface area contributed by atoms with Crippen LogP contribution in [0.3, 0.4) is 0 Å². The van der Waals surface area contributed by atoms with Crippen molar-refractivity contribution in [1.29, 1.82) is 0 Å². The van der Waals surface area contributed by atoms with Crippen molar-refractivity contribution in [1.82, 2.24) is 9.55 Å². The minimum absolute atomic E-state index is 0.0246. The van der Waals surface area contributed by atoms with Crippen LogP contribution in [0.15, 0.2) is 243 Å². The fourth-order valence-corrected chi connectivity index (χ4v) is 14.7. The molecule has 5 nitrogen and oxygen atoms in total. The predicted octanol–water partition coefficient (Wildman–Crippen LogP) is 18.0. The van der Waals surface area contributed by atoms with Gasteiger partial charge in [0.05, 0.1) is 28.1 Å². The van der Waals surface area contributed by atoms with Crippen molar-refractivity contribution in [3.63, 3.8) is 0 Å². The number of fused-ring (bicyclic) bond motifs is 4. The highest BCUT2D eigenvalue weighted by atomic mass is 16.5. The van der Waals surface area contributed by atoms with Gasteiger partial charge in [-0.3, -0.25) is 4.57 Å². The molecule has 4 fully saturated rings. The number of para-hydroxylation sites is 4. The monoisotopic (exact) mass is 968 g/mol. The zero-order chi connectivity index (χ0) is 49.5. The van der Waals surface area contributed by atoms with Crippen molar-refractivity contribution in [2.24, 2.45) is 23.7 Å². The van der Waals surface area contributed by atoms with Gasteiger partial charge in [-0.05, 0) is 144 Å². The number of anilines is 4. The van der Waals surface area contributed by atoms with Crippen LogP contribution in [0.5, 0.6) is 11.5 Å². The van der Waals surface area contributed by atoms with Crippen molar-refractivity contribution in [3.8, 4) is 50.7 Å². The Bertz CT molecular complexity index is 3840. The summed E-state index contributed by atoms with van der Waals surface area (Å²) in [5, 5.41) is 2.38. The maximum absolute atomic E-state index is 7.17. The van der Waals surface area contributed by atoms with Gasteiger partial charge >= 0.3 is 0 Å². The zero-order valence-electron chi connectivity index (χ0n) is 41.8. The number of nitrogens with zero attached hydrogens (tertiary/aromatic N) is 4. The number of rotatable bonds is 10. The Balaban J connectivity index is 0.845. The SMILES string of the molecule is c1ccc(-c2cc(Oc3ccc4c5ccccc5n(-c5cc(C6(c7ccccc7)C7CC8CC(C7)CC6C8)ccn5)c4c3)cc(N3CN(c4c(-c5ccccc5)cccc4-c4ccccc4)c4ccccc43)c2)cc1. The van der Waals surface area contributed by atoms with Crippen molar-refractivity contribution in [3.05, 3.63) is 254 Å². The van der Waals surface area contributed by atoms with E-state index in [-0.39, 0.29) is 5.41 Å². The Morgan fingerprint density at radius 2 is 1.00 bits per heavy atom. The van der Waals surface area contributed by atoms with Gasteiger partial charge in [0.1, 0.15) is 24.0 Å². The first-order valence-electron chi connectivity index (χ1n) is 27.0. The summed E-state index contributed by atoms with van der Waals surface area (Å²) in [4.78, 5) is 10.2. The van der Waals surface area contributed by atoms with Gasteiger partial charge in [-0.15, -0.1) is 0 Å². The molecule has 0 saturated heterocycles. The summed E-state index contributed by atoms with van der Waals surface area (Å²) in [6, 6.07) is 86.2. The summed E-state index contributed by atoms with van der Waals surface area (Å²) in [7, 11) is 0. The highest BCUT2D eigenvalue weighted by Gasteiger charge is 2.58. The van der Waals surface area contributed by atoms with E-state index in [0.29, 0.717) is 18.5 Å². The van der Waals surface area contributed by atoms with E-state index in [2.05, 4.69) is 257 Å². The van der Waals surface area contributed by atoms with Crippen LogP contribution < -0.4 is 14.5 Å². The molecule has 0 amide bonds. The van der Waals surface area contributed by atoms with Crippen LogP contribution in [-0.2, 0) is 5.41 Å². The summed E-state index contributed by atoms with van der Waals surface area (Å²) in [5.74, 6) is 5.49. The first-order chi connectivity index (χ1) is 37.1. The molecule has 0 radical (unpaired) electrons. The minimum Gasteiger partial charge on any atom is -0.457 e. The second-order valence-corrected chi connectivity index (χ2v) is 21.6. The third kappa shape index (κ3) is 7.23. The molecule has 16 rings (SSSR count). The van der Waals surface area contributed by atoms with Gasteiger partial charge in [0.2, 0.25) is 0 Å². The molecule has 362 valence electrons. The highest BCUT2D eigenvalue weighted by molar-refractivity contribution is 6.09. The summed E-state index contributed by atoms with van der Waals surface area (Å²) < 4.78 is 9.56. The van der Waals surface area contributed by atoms with E-state index in [1.807, 2.05) is 0 Å². The predicted molar refractivity (Wildman–Crippen MR) is 308 cm³/mol. The molecule has 0 N–H and O–H groups in total. The van der Waals surface area contributed by atoms with Crippen LogP contribution >= 0.6 is 0 Å². The number of ether oxygens (including phenoxy) is 1. The molecule has 4 saturated carbocycles. The summed E-state index contributed by atoms with van der Waals surface area (Å²) >= 11 is 0. The Morgan fingerprint density at radius 1 is 0.413 bits per heavy atom. The van der Waals surface area contributed by atoms with Gasteiger partial charge in [0.25, 0.3) is 0 Å². The van der Waals surface area contributed by atoms with E-state index in [1.165, 1.54) is 81.9 Å². The zero-order valence-corrected chi connectivity index (χ0v) is 41.8. The molecule has 0 atom stereocenters. The Labute approximate surface area is 439 Å². The van der Waals surface area contributed by atoms with Crippen molar-refractivity contribution in [2.45, 2.75) is 37.5 Å². The van der Waals surface area contributed by atoms with E-state index >= 15 is 0 Å². The van der Waals surface area contributed by atoms with Crippen LogP contribution in [0, 0.1) is 23.7 Å². The lowest BCUT2D eigenvalue weighted by Crippen LogP contribution is -2.56. The number of hydrogen-bond acceptors (Lipinski definition) is 4. The maximum Gasteiger partial charge on any atom is 0.137 e. The summed E-state index contributed by atoms with van der Waals surface area (Å²) in [5.41, 5.74) is 16.6. The highest BCUT2D eigenvalue weighted by Crippen LogP contribution is 2.65. The van der Waals surface area contributed by atoms with E-state index in [1.54, 1.807) is 0 Å². The molecule has 3 heterocycles. The Hall–Kier alpha value is -8.67. The molecule has 1 aliphatic heterocycles. The van der Waals surface area contributed by atoms with E-state index in [4.69, 9.17) is 9.72 Å². The van der Waals surface area contributed by atoms with Crippen LogP contribution in [0.2, 0.25) is 0 Å². The molecule has 2 aromatic heterocycles. The molecule has 75 heavy (non-hydrogen) atoms. The minimum atomic E-state index is -0.0246. The van der Waals surface area contributed by atoms with Gasteiger partial charge in [0.15, 0.2) is 0 Å². The van der Waals surface area contributed by atoms with Crippen LogP contribution in [-0.4, -0.2) is 16.2 Å². The van der Waals surface area contributed by atoms with Crippen molar-refractivity contribution in [2.75, 3.05) is 16.5 Å². The molecule has 0 spiro atoms. The van der Waals surface area contributed by atoms with Crippen LogP contribution in [0.1, 0.15) is 43.2 Å². The fourth-order valence-electron chi connectivity index (χ4n) is 14.7. The van der Waals surface area contributed by atoms with Gasteiger partial charge in [-0.25, -0.2) is 4.98 Å². The average molecular weight is 969 g/mol. The number of aromatic nitrogens is 2. The van der Waals surface area contributed by atoms with Gasteiger partial charge in [0, 0.05) is 51.3 Å². The van der Waals surface area contributed by atoms with Crippen molar-refractivity contribution < 1.29 is 4.74 Å². The molecular formula is C70H56N4O. The number of pyridine rings is 1. The second kappa shape index (κ2) is 17.8. The van der Waals surface area contributed by atoms with Crippen LogP contribution in [0.25, 0.3) is 61.0 Å². The lowest BCUT2D eigenvalue weighted by molar-refractivity contribution is -0.0418. The number of benzene rings is 9. The Morgan fingerprint density at radius 3 is 1.68 bits per heavy atom. The first-order valence-corrected chi connectivity index (χ1v) is 27.0. The molecular weight excluding hydrogens is 913 g/mol. The normalized spacial score (nSPS) is 20.5. The van der Waals surface area contributed by atoms with Gasteiger partial charge < -0.3 is 14.5 Å². The topological polar surface area (TPSA) is 33.5 Å². The quantitative estimate of drug-likeness (QED) is 0.137. The average Bonchev–Trinajstić information content (AvgIpc) is 4.04. The summed E-state index contributed by atoms with van der Waals surface area (Å²) in [6.45, 7) is 0.604. The fraction of sp³-hybridized carbons (Fsp3) is 0.157. The Kier molecular flexibility index (Phi) is 10.4. The molecule has 5 aliphatic rings. The molecule has 4 aliphatic carbocycles. The third-order valence-corrected chi connectivity index (χ3v) is 17.5. The lowest BCUT2D eigenvalue weighted by Gasteiger charge is -2.62. The second-order valence-electron chi connectivity index (χ2n) is 21.6. The molecule has 5 heteroatoms. The standard InChI is InChI=1S/C70H56N4O/c1-5-18-49(19-6-1)52-41-57(72-46-73(66-31-16-15-30-65(66)72)69-60(50-20-7-2-8-21-50)27-17-28-61(69)51-22-9-3-10-23-51)44-59(42-52)75-58-32-33-63-62-26-13-14-29-64(62)74(67(63)45-58)68-43-54(34-35-71-68)70(53-24-11-4-12-25-53)55-37-47-36-48(39-55)40-56(70)38-47/h1-35,41-45,47-48,55-56H,36-40,46H2. The first kappa shape index (κ1) is 43.9.